The Morgan fingerprint density at radius 2 is 1.47 bits per heavy atom. The third-order valence-electron chi connectivity index (χ3n) is 6.56. The van der Waals surface area contributed by atoms with Crippen molar-refractivity contribution < 1.29 is 60.3 Å². The Morgan fingerprint density at radius 3 is 2.00 bits per heavy atom. The standard InChI is InChI=1S/C19H16N2O13/c20-16(30)6-13(27)18(21-34)4(19(32,33)14(6)28)2-17(31)1-3-5(9(23)7(17)15(18)29)10(24)12(26)11(25)8(3)22/h4,22-26,28,31-33H,1-2H2,(H2,20,30). The number of ketones is 2. The summed E-state index contributed by atoms with van der Waals surface area (Å²) in [6.07, 6.45) is -2.11. The van der Waals surface area contributed by atoms with Gasteiger partial charge < -0.3 is 51.7 Å². The molecule has 0 saturated heterocycles. The average Bonchev–Trinajstić information content (AvgIpc) is 2.74. The smallest absolute Gasteiger partial charge is 0.256 e. The minimum Gasteiger partial charge on any atom is -0.507 e. The molecule has 1 amide bonds. The van der Waals surface area contributed by atoms with E-state index < -0.39 is 110 Å². The Kier molecular flexibility index (Phi) is 4.35. The number of hydrogen-bond acceptors (Lipinski definition) is 14. The molecule has 15 nitrogen and oxygen atoms in total. The minimum atomic E-state index is -3.68. The summed E-state index contributed by atoms with van der Waals surface area (Å²) in [7, 11) is 0. The van der Waals surface area contributed by atoms with Crippen LogP contribution in [0.3, 0.4) is 0 Å². The zero-order valence-electron chi connectivity index (χ0n) is 16.7. The van der Waals surface area contributed by atoms with Gasteiger partial charge in [0.25, 0.3) is 5.91 Å². The Bertz CT molecular complexity index is 1310. The number of aliphatic hydroxyl groups excluding tert-OH is 2. The summed E-state index contributed by atoms with van der Waals surface area (Å²) in [5, 5.41) is 95.5. The third kappa shape index (κ3) is 2.32. The van der Waals surface area contributed by atoms with Crippen molar-refractivity contribution in [2.45, 2.75) is 29.8 Å². The van der Waals surface area contributed by atoms with E-state index in [2.05, 4.69) is 5.18 Å². The number of hydrogen-bond donors (Lipinski definition) is 10. The number of fused-ring (bicyclic) bond motifs is 3. The van der Waals surface area contributed by atoms with Crippen molar-refractivity contribution in [1.29, 1.82) is 0 Å². The summed E-state index contributed by atoms with van der Waals surface area (Å²) in [5.41, 5.74) is -5.27. The molecule has 4 rings (SSSR count). The highest BCUT2D eigenvalue weighted by Crippen LogP contribution is 2.59. The first kappa shape index (κ1) is 23.0. The summed E-state index contributed by atoms with van der Waals surface area (Å²) in [5.74, 6) is -19.5. The van der Waals surface area contributed by atoms with Gasteiger partial charge in [0.05, 0.1) is 17.1 Å². The van der Waals surface area contributed by atoms with E-state index in [1.165, 1.54) is 0 Å². The summed E-state index contributed by atoms with van der Waals surface area (Å²) in [6.45, 7) is 0. The van der Waals surface area contributed by atoms with Crippen molar-refractivity contribution in [2.75, 3.05) is 0 Å². The van der Waals surface area contributed by atoms with Gasteiger partial charge in [-0.15, -0.1) is 4.91 Å². The fourth-order valence-electron chi connectivity index (χ4n) is 4.94. The van der Waals surface area contributed by atoms with Gasteiger partial charge in [0.15, 0.2) is 17.3 Å². The largest absolute Gasteiger partial charge is 0.507 e. The number of benzene rings is 1. The topological polar surface area (TPSA) is 289 Å². The summed E-state index contributed by atoms with van der Waals surface area (Å²) in [4.78, 5) is 50.1. The van der Waals surface area contributed by atoms with Gasteiger partial charge in [0.1, 0.15) is 16.9 Å². The second kappa shape index (κ2) is 6.43. The highest BCUT2D eigenvalue weighted by molar-refractivity contribution is 6.34. The van der Waals surface area contributed by atoms with Crippen LogP contribution in [-0.2, 0) is 20.8 Å². The van der Waals surface area contributed by atoms with Crippen LogP contribution in [0.2, 0.25) is 0 Å². The quantitative estimate of drug-likeness (QED) is 0.0533. The predicted molar refractivity (Wildman–Crippen MR) is 104 cm³/mol. The van der Waals surface area contributed by atoms with Gasteiger partial charge in [-0.05, 0) is 11.6 Å². The predicted octanol–water partition coefficient (Wildman–Crippen LogP) is -2.28. The molecule has 34 heavy (non-hydrogen) atoms. The van der Waals surface area contributed by atoms with Crippen LogP contribution >= 0.6 is 0 Å². The summed E-state index contributed by atoms with van der Waals surface area (Å²) >= 11 is 0. The van der Waals surface area contributed by atoms with Crippen LogP contribution in [0.25, 0.3) is 5.76 Å². The molecule has 3 unspecified atom stereocenters. The molecule has 0 bridgehead atoms. The summed E-state index contributed by atoms with van der Waals surface area (Å²) in [6, 6.07) is 0. The fraction of sp³-hybridized carbons (Fsp3) is 0.316. The molecule has 180 valence electrons. The van der Waals surface area contributed by atoms with Gasteiger partial charge in [0.2, 0.25) is 34.4 Å². The molecule has 1 aromatic carbocycles. The number of primary amides is 1. The van der Waals surface area contributed by atoms with Crippen LogP contribution in [0.4, 0.5) is 0 Å². The molecule has 0 radical (unpaired) electrons. The monoisotopic (exact) mass is 480 g/mol. The SMILES string of the molecule is NC(=O)C1=C(O)C(O)(O)C2CC3(O)Cc4c(O)c(O)c(O)c(O)c4C(O)=C3C(=O)C2(N=O)C1=O. The van der Waals surface area contributed by atoms with Crippen molar-refractivity contribution in [2.24, 2.45) is 16.8 Å². The summed E-state index contributed by atoms with van der Waals surface area (Å²) < 4.78 is 0. The maximum absolute atomic E-state index is 13.5. The zero-order valence-corrected chi connectivity index (χ0v) is 16.7. The molecule has 3 aliphatic carbocycles. The van der Waals surface area contributed by atoms with Gasteiger partial charge in [0, 0.05) is 12.0 Å². The molecule has 0 aliphatic heterocycles. The van der Waals surface area contributed by atoms with Crippen LogP contribution in [0.15, 0.2) is 22.1 Å². The number of carbonyl (C=O) groups is 3. The lowest BCUT2D eigenvalue weighted by Crippen LogP contribution is -2.71. The molecule has 0 spiro atoms. The van der Waals surface area contributed by atoms with Crippen LogP contribution in [-0.4, -0.2) is 80.4 Å². The number of phenols is 4. The van der Waals surface area contributed by atoms with Crippen molar-refractivity contribution in [3.8, 4) is 23.0 Å². The van der Waals surface area contributed by atoms with Crippen molar-refractivity contribution in [3.05, 3.63) is 32.9 Å². The van der Waals surface area contributed by atoms with E-state index >= 15 is 0 Å². The van der Waals surface area contributed by atoms with Gasteiger partial charge in [-0.2, -0.15) is 0 Å². The number of aliphatic hydroxyl groups is 5. The number of carbonyl (C=O) groups excluding carboxylic acids is 3. The molecule has 11 N–H and O–H groups in total. The van der Waals surface area contributed by atoms with Crippen molar-refractivity contribution in [3.63, 3.8) is 0 Å². The van der Waals surface area contributed by atoms with Gasteiger partial charge >= 0.3 is 0 Å². The Morgan fingerprint density at radius 1 is 0.912 bits per heavy atom. The lowest BCUT2D eigenvalue weighted by atomic mass is 9.54. The fourth-order valence-corrected chi connectivity index (χ4v) is 4.94. The number of nitrogens with zero attached hydrogens (tertiary/aromatic N) is 1. The average molecular weight is 480 g/mol. The molecule has 3 atom stereocenters. The molecule has 0 heterocycles. The third-order valence-corrected chi connectivity index (χ3v) is 6.56. The van der Waals surface area contributed by atoms with Gasteiger partial charge in [-0.25, -0.2) is 0 Å². The first-order chi connectivity index (χ1) is 15.6. The maximum Gasteiger partial charge on any atom is 0.256 e. The first-order valence-corrected chi connectivity index (χ1v) is 9.37. The Hall–Kier alpha value is -4.21. The molecule has 1 saturated carbocycles. The first-order valence-electron chi connectivity index (χ1n) is 9.37. The molecule has 1 aromatic rings. The zero-order chi connectivity index (χ0) is 25.7. The van der Waals surface area contributed by atoms with Crippen LogP contribution in [0.1, 0.15) is 17.5 Å². The van der Waals surface area contributed by atoms with E-state index in [1.807, 2.05) is 0 Å². The molecular formula is C19H16N2O13. The van der Waals surface area contributed by atoms with Gasteiger partial charge in [-0.1, -0.05) is 0 Å². The number of nitroso groups, excluding NO2 is 1. The van der Waals surface area contributed by atoms with Crippen molar-refractivity contribution >= 4 is 23.2 Å². The van der Waals surface area contributed by atoms with E-state index in [9.17, 15) is 65.2 Å². The van der Waals surface area contributed by atoms with E-state index in [0.717, 1.165) is 0 Å². The number of amides is 1. The highest BCUT2D eigenvalue weighted by atomic mass is 16.5. The number of Topliss-reactive ketones (excluding diaryl/α,β-unsaturated/α-hetero) is 2. The second-order valence-corrected chi connectivity index (χ2v) is 8.27. The number of phenolic OH excluding ortho intramolecular Hbond substituents is 4. The number of aromatic hydroxyl groups is 4. The molecular weight excluding hydrogens is 464 g/mol. The molecule has 1 fully saturated rings. The Balaban J connectivity index is 2.10. The molecule has 0 aromatic heterocycles. The van der Waals surface area contributed by atoms with E-state index in [1.54, 1.807) is 0 Å². The Labute approximate surface area is 186 Å². The van der Waals surface area contributed by atoms with Crippen molar-refractivity contribution in [1.82, 2.24) is 0 Å². The number of nitrogens with two attached hydrogens (primary N) is 1. The van der Waals surface area contributed by atoms with E-state index in [-0.39, 0.29) is 0 Å². The normalized spacial score (nSPS) is 29.9. The van der Waals surface area contributed by atoms with Crippen LogP contribution in [0.5, 0.6) is 23.0 Å². The molecule has 3 aliphatic rings. The maximum atomic E-state index is 13.5. The molecule has 15 heteroatoms. The second-order valence-electron chi connectivity index (χ2n) is 8.27. The highest BCUT2D eigenvalue weighted by Gasteiger charge is 2.74. The lowest BCUT2D eigenvalue weighted by Gasteiger charge is -2.51. The van der Waals surface area contributed by atoms with E-state index in [0.29, 0.717) is 0 Å². The minimum absolute atomic E-state index is 0.600. The lowest BCUT2D eigenvalue weighted by molar-refractivity contribution is -0.225. The van der Waals surface area contributed by atoms with Gasteiger partial charge in [-0.3, -0.25) is 14.4 Å². The van der Waals surface area contributed by atoms with E-state index in [4.69, 9.17) is 5.73 Å². The number of rotatable bonds is 2. The van der Waals surface area contributed by atoms with Crippen LogP contribution < -0.4 is 5.73 Å². The van der Waals surface area contributed by atoms with Crippen LogP contribution in [0, 0.1) is 10.8 Å².